The molecule has 18 heavy (non-hydrogen) atoms. The van der Waals surface area contributed by atoms with Crippen LogP contribution >= 0.6 is 11.5 Å². The molecule has 0 aliphatic heterocycles. The number of rotatable bonds is 4. The Labute approximate surface area is 107 Å². The molecular weight excluding hydrogens is 276 g/mol. The van der Waals surface area contributed by atoms with Gasteiger partial charge in [0.05, 0.1) is 0 Å². The van der Waals surface area contributed by atoms with Crippen molar-refractivity contribution in [3.63, 3.8) is 0 Å². The molecule has 0 saturated carbocycles. The number of aromatic nitrogens is 1. The molecule has 0 unspecified atom stereocenters. The van der Waals surface area contributed by atoms with Crippen molar-refractivity contribution in [3.05, 3.63) is 41.3 Å². The van der Waals surface area contributed by atoms with Gasteiger partial charge >= 0.3 is 10.1 Å². The number of carbonyl (C=O) groups excluding carboxylic acids is 1. The molecule has 0 radical (unpaired) electrons. The summed E-state index contributed by atoms with van der Waals surface area (Å²) in [4.78, 5) is 11.0. The maximum absolute atomic E-state index is 11.8. The minimum atomic E-state index is -3.93. The highest BCUT2D eigenvalue weighted by Gasteiger charge is 2.18. The van der Waals surface area contributed by atoms with Crippen LogP contribution in [0.15, 0.2) is 41.3 Å². The van der Waals surface area contributed by atoms with Gasteiger partial charge in [0.25, 0.3) is 5.91 Å². The largest absolute Gasteiger partial charge is 0.365 e. The summed E-state index contributed by atoms with van der Waals surface area (Å²) in [5, 5.41) is 0. The van der Waals surface area contributed by atoms with E-state index in [0.29, 0.717) is 0 Å². The van der Waals surface area contributed by atoms with E-state index in [1.807, 2.05) is 0 Å². The number of amides is 1. The maximum Gasteiger partial charge on any atom is 0.340 e. The Balaban J connectivity index is 2.25. The van der Waals surface area contributed by atoms with Gasteiger partial charge in [-0.1, -0.05) is 18.2 Å². The molecule has 1 heterocycles. The van der Waals surface area contributed by atoms with E-state index >= 15 is 0 Å². The monoisotopic (exact) mass is 284 g/mol. The Kier molecular flexibility index (Phi) is 3.30. The molecule has 6 nitrogen and oxygen atoms in total. The highest BCUT2D eigenvalue weighted by molar-refractivity contribution is 7.87. The standard InChI is InChI=1S/C10H8N2O4S2/c11-10(13)8-6-9(12-17-8)16-18(14,15)7-4-2-1-3-5-7/h1-6H,(H2,11,13). The zero-order chi connectivity index (χ0) is 13.2. The van der Waals surface area contributed by atoms with Crippen LogP contribution in [-0.2, 0) is 10.1 Å². The summed E-state index contributed by atoms with van der Waals surface area (Å²) in [7, 11) is -3.93. The molecule has 0 spiro atoms. The van der Waals surface area contributed by atoms with Crippen LogP contribution in [0.3, 0.4) is 0 Å². The molecule has 0 atom stereocenters. The molecule has 0 fully saturated rings. The molecule has 8 heteroatoms. The SMILES string of the molecule is NC(=O)c1cc(OS(=O)(=O)c2ccccc2)ns1. The first-order valence-corrected chi connectivity index (χ1v) is 6.93. The van der Waals surface area contributed by atoms with Crippen molar-refractivity contribution >= 4 is 27.6 Å². The third kappa shape index (κ3) is 2.66. The fraction of sp³-hybridized carbons (Fsp3) is 0. The van der Waals surface area contributed by atoms with Crippen LogP contribution in [0.2, 0.25) is 0 Å². The Morgan fingerprint density at radius 2 is 1.94 bits per heavy atom. The van der Waals surface area contributed by atoms with E-state index < -0.39 is 16.0 Å². The third-order valence-electron chi connectivity index (χ3n) is 1.96. The molecule has 0 saturated heterocycles. The van der Waals surface area contributed by atoms with Crippen molar-refractivity contribution in [3.8, 4) is 5.88 Å². The van der Waals surface area contributed by atoms with E-state index in [4.69, 9.17) is 9.92 Å². The Morgan fingerprint density at radius 3 is 2.50 bits per heavy atom. The first-order chi connectivity index (χ1) is 8.49. The van der Waals surface area contributed by atoms with E-state index in [9.17, 15) is 13.2 Å². The van der Waals surface area contributed by atoms with Gasteiger partial charge in [0, 0.05) is 6.07 Å². The van der Waals surface area contributed by atoms with Gasteiger partial charge in [-0.3, -0.25) is 4.79 Å². The second-order valence-corrected chi connectivity index (χ2v) is 5.60. The summed E-state index contributed by atoms with van der Waals surface area (Å²) in [5.74, 6) is -0.850. The van der Waals surface area contributed by atoms with Crippen molar-refractivity contribution in [2.45, 2.75) is 4.90 Å². The van der Waals surface area contributed by atoms with Gasteiger partial charge in [-0.05, 0) is 23.7 Å². The van der Waals surface area contributed by atoms with Gasteiger partial charge in [-0.25, -0.2) is 0 Å². The summed E-state index contributed by atoms with van der Waals surface area (Å²) in [6.45, 7) is 0. The molecule has 0 aliphatic rings. The summed E-state index contributed by atoms with van der Waals surface area (Å²) in [5.41, 5.74) is 5.03. The number of benzene rings is 1. The second kappa shape index (κ2) is 4.75. The van der Waals surface area contributed by atoms with E-state index in [1.54, 1.807) is 18.2 Å². The van der Waals surface area contributed by atoms with Crippen LogP contribution in [0.1, 0.15) is 9.67 Å². The molecule has 2 aromatic rings. The number of primary amides is 1. The van der Waals surface area contributed by atoms with E-state index in [1.165, 1.54) is 18.2 Å². The zero-order valence-electron chi connectivity index (χ0n) is 8.94. The van der Waals surface area contributed by atoms with Crippen molar-refractivity contribution in [2.24, 2.45) is 5.73 Å². The van der Waals surface area contributed by atoms with E-state index in [0.717, 1.165) is 11.5 Å². The van der Waals surface area contributed by atoms with Gasteiger partial charge in [-0.15, -0.1) is 0 Å². The molecule has 94 valence electrons. The topological polar surface area (TPSA) is 99.4 Å². The summed E-state index contributed by atoms with van der Waals surface area (Å²) in [6, 6.07) is 8.83. The molecule has 0 aliphatic carbocycles. The summed E-state index contributed by atoms with van der Waals surface area (Å²) >= 11 is 0.780. The number of nitrogens with zero attached hydrogens (tertiary/aromatic N) is 1. The molecule has 1 aromatic heterocycles. The first-order valence-electron chi connectivity index (χ1n) is 4.75. The molecule has 2 rings (SSSR count). The smallest absolute Gasteiger partial charge is 0.340 e. The molecule has 0 bridgehead atoms. The normalized spacial score (nSPS) is 11.1. The summed E-state index contributed by atoms with van der Waals surface area (Å²) < 4.78 is 32.1. The van der Waals surface area contributed by atoms with Gasteiger partial charge < -0.3 is 9.92 Å². The lowest BCUT2D eigenvalue weighted by atomic mass is 10.4. The fourth-order valence-electron chi connectivity index (χ4n) is 1.16. The maximum atomic E-state index is 11.8. The van der Waals surface area contributed by atoms with Crippen LogP contribution in [-0.4, -0.2) is 18.7 Å². The van der Waals surface area contributed by atoms with Crippen LogP contribution in [0.4, 0.5) is 0 Å². The van der Waals surface area contributed by atoms with Crippen molar-refractivity contribution in [2.75, 3.05) is 0 Å². The number of hydrogen-bond donors (Lipinski definition) is 1. The fourth-order valence-corrected chi connectivity index (χ4v) is 2.63. The van der Waals surface area contributed by atoms with Gasteiger partial charge in [0.2, 0.25) is 5.88 Å². The minimum absolute atomic E-state index is 0.0126. The molecule has 1 aromatic carbocycles. The van der Waals surface area contributed by atoms with E-state index in [2.05, 4.69) is 4.37 Å². The number of nitrogens with two attached hydrogens (primary N) is 1. The number of carbonyl (C=O) groups is 1. The van der Waals surface area contributed by atoms with Gasteiger partial charge in [0.15, 0.2) is 0 Å². The predicted octanol–water partition coefficient (Wildman–Crippen LogP) is 1.01. The highest BCUT2D eigenvalue weighted by Crippen LogP contribution is 2.20. The van der Waals surface area contributed by atoms with Crippen LogP contribution in [0.25, 0.3) is 0 Å². The minimum Gasteiger partial charge on any atom is -0.365 e. The molecule has 2 N–H and O–H groups in total. The second-order valence-electron chi connectivity index (χ2n) is 3.24. The Bertz CT molecular complexity index is 664. The van der Waals surface area contributed by atoms with Crippen LogP contribution < -0.4 is 9.92 Å². The average molecular weight is 284 g/mol. The van der Waals surface area contributed by atoms with Crippen LogP contribution in [0.5, 0.6) is 5.88 Å². The quantitative estimate of drug-likeness (QED) is 0.845. The highest BCUT2D eigenvalue weighted by atomic mass is 32.2. The van der Waals surface area contributed by atoms with Gasteiger partial charge in [-0.2, -0.15) is 12.8 Å². The first kappa shape index (κ1) is 12.5. The predicted molar refractivity (Wildman–Crippen MR) is 64.9 cm³/mol. The van der Waals surface area contributed by atoms with Crippen molar-refractivity contribution < 1.29 is 17.4 Å². The lowest BCUT2D eigenvalue weighted by molar-refractivity contribution is 0.100. The Hall–Kier alpha value is -1.93. The lowest BCUT2D eigenvalue weighted by Crippen LogP contribution is -2.10. The van der Waals surface area contributed by atoms with Gasteiger partial charge in [0.1, 0.15) is 9.77 Å². The molecule has 1 amide bonds. The summed E-state index contributed by atoms with van der Waals surface area (Å²) in [6.07, 6.45) is 0. The average Bonchev–Trinajstić information content (AvgIpc) is 2.78. The van der Waals surface area contributed by atoms with Crippen LogP contribution in [0, 0.1) is 0 Å². The van der Waals surface area contributed by atoms with Crippen molar-refractivity contribution in [1.82, 2.24) is 4.37 Å². The molecular formula is C10H8N2O4S2. The Morgan fingerprint density at radius 1 is 1.28 bits per heavy atom. The lowest BCUT2D eigenvalue weighted by Gasteiger charge is -2.02. The number of hydrogen-bond acceptors (Lipinski definition) is 6. The third-order valence-corrected chi connectivity index (χ3v) is 3.99. The van der Waals surface area contributed by atoms with Crippen molar-refractivity contribution in [1.29, 1.82) is 0 Å². The zero-order valence-corrected chi connectivity index (χ0v) is 10.6. The van der Waals surface area contributed by atoms with E-state index in [-0.39, 0.29) is 15.7 Å².